The fraction of sp³-hybridized carbons (Fsp3) is 0.667. The van der Waals surface area contributed by atoms with Crippen LogP contribution >= 0.6 is 0 Å². The van der Waals surface area contributed by atoms with Gasteiger partial charge in [0.2, 0.25) is 0 Å². The highest BCUT2D eigenvalue weighted by Gasteiger charge is 2.24. The van der Waals surface area contributed by atoms with E-state index in [0.717, 1.165) is 18.3 Å². The van der Waals surface area contributed by atoms with Gasteiger partial charge in [-0.3, -0.25) is 0 Å². The minimum Gasteiger partial charge on any atom is -0.492 e. The second kappa shape index (κ2) is 6.62. The van der Waals surface area contributed by atoms with Gasteiger partial charge in [-0.2, -0.15) is 0 Å². The SMILES string of the molecule is CNC(COc1cccc(C(C)(C)C)c1)C1CCCC1. The summed E-state index contributed by atoms with van der Waals surface area (Å²) in [6.45, 7) is 7.48. The van der Waals surface area contributed by atoms with E-state index in [1.807, 2.05) is 0 Å². The molecule has 1 unspecified atom stereocenters. The Labute approximate surface area is 123 Å². The fourth-order valence-electron chi connectivity index (χ4n) is 3.05. The van der Waals surface area contributed by atoms with Crippen LogP contribution in [0.25, 0.3) is 0 Å². The molecule has 0 amide bonds. The summed E-state index contributed by atoms with van der Waals surface area (Å²) in [6, 6.07) is 9.01. The lowest BCUT2D eigenvalue weighted by molar-refractivity contribution is 0.224. The highest BCUT2D eigenvalue weighted by molar-refractivity contribution is 5.32. The molecule has 0 aliphatic heterocycles. The highest BCUT2D eigenvalue weighted by Crippen LogP contribution is 2.29. The van der Waals surface area contributed by atoms with Gasteiger partial charge in [-0.1, -0.05) is 45.7 Å². The predicted octanol–water partition coefficient (Wildman–Crippen LogP) is 4.14. The second-order valence-electron chi connectivity index (χ2n) is 7.03. The number of ether oxygens (including phenoxy) is 1. The molecule has 1 aromatic rings. The van der Waals surface area contributed by atoms with Crippen molar-refractivity contribution in [2.45, 2.75) is 57.9 Å². The second-order valence-corrected chi connectivity index (χ2v) is 7.03. The van der Waals surface area contributed by atoms with Crippen LogP contribution in [0.4, 0.5) is 0 Å². The summed E-state index contributed by atoms with van der Waals surface area (Å²) >= 11 is 0. The van der Waals surface area contributed by atoms with Gasteiger partial charge in [0, 0.05) is 6.04 Å². The van der Waals surface area contributed by atoms with Crippen LogP contribution in [0.1, 0.15) is 52.0 Å². The van der Waals surface area contributed by atoms with Crippen molar-refractivity contribution in [3.8, 4) is 5.75 Å². The van der Waals surface area contributed by atoms with Gasteiger partial charge in [-0.25, -0.2) is 0 Å². The molecule has 2 nitrogen and oxygen atoms in total. The fourth-order valence-corrected chi connectivity index (χ4v) is 3.05. The first-order chi connectivity index (χ1) is 9.50. The molecule has 2 heteroatoms. The lowest BCUT2D eigenvalue weighted by Crippen LogP contribution is -2.37. The molecule has 0 heterocycles. The summed E-state index contributed by atoms with van der Waals surface area (Å²) in [7, 11) is 2.05. The summed E-state index contributed by atoms with van der Waals surface area (Å²) in [6.07, 6.45) is 5.44. The Bertz CT molecular complexity index is 416. The van der Waals surface area contributed by atoms with E-state index in [-0.39, 0.29) is 5.41 Å². The third-order valence-corrected chi connectivity index (χ3v) is 4.47. The standard InChI is InChI=1S/C18H29NO/c1-18(2,3)15-10-7-11-16(12-15)20-13-17(19-4)14-8-5-6-9-14/h7,10-12,14,17,19H,5-6,8-9,13H2,1-4H3. The first-order valence-corrected chi connectivity index (χ1v) is 7.91. The molecule has 1 aliphatic rings. The zero-order valence-corrected chi connectivity index (χ0v) is 13.4. The largest absolute Gasteiger partial charge is 0.492 e. The Morgan fingerprint density at radius 3 is 2.55 bits per heavy atom. The van der Waals surface area contributed by atoms with Gasteiger partial charge >= 0.3 is 0 Å². The van der Waals surface area contributed by atoms with E-state index in [9.17, 15) is 0 Å². The molecule has 0 radical (unpaired) electrons. The average Bonchev–Trinajstić information content (AvgIpc) is 2.93. The van der Waals surface area contributed by atoms with E-state index in [2.05, 4.69) is 57.4 Å². The summed E-state index contributed by atoms with van der Waals surface area (Å²) in [5.41, 5.74) is 1.50. The number of hydrogen-bond donors (Lipinski definition) is 1. The van der Waals surface area contributed by atoms with Crippen molar-refractivity contribution < 1.29 is 4.74 Å². The van der Waals surface area contributed by atoms with Crippen LogP contribution in [0.15, 0.2) is 24.3 Å². The maximum Gasteiger partial charge on any atom is 0.119 e. The molecule has 0 aromatic heterocycles. The molecule has 1 fully saturated rings. The number of nitrogens with one attached hydrogen (secondary N) is 1. The molecule has 1 atom stereocenters. The molecule has 112 valence electrons. The summed E-state index contributed by atoms with van der Waals surface area (Å²) in [4.78, 5) is 0. The maximum absolute atomic E-state index is 6.04. The monoisotopic (exact) mass is 275 g/mol. The van der Waals surface area contributed by atoms with Gasteiger partial charge < -0.3 is 10.1 Å². The highest BCUT2D eigenvalue weighted by atomic mass is 16.5. The van der Waals surface area contributed by atoms with Crippen molar-refractivity contribution in [3.05, 3.63) is 29.8 Å². The van der Waals surface area contributed by atoms with Crippen molar-refractivity contribution in [1.29, 1.82) is 0 Å². The van der Waals surface area contributed by atoms with Crippen LogP contribution in [0.5, 0.6) is 5.75 Å². The zero-order chi connectivity index (χ0) is 14.6. The Hall–Kier alpha value is -1.02. The molecule has 1 aromatic carbocycles. The molecule has 0 saturated heterocycles. The van der Waals surface area contributed by atoms with Gasteiger partial charge in [0.15, 0.2) is 0 Å². The number of rotatable bonds is 5. The van der Waals surface area contributed by atoms with Gasteiger partial charge in [0.25, 0.3) is 0 Å². The van der Waals surface area contributed by atoms with E-state index in [1.165, 1.54) is 31.2 Å². The third-order valence-electron chi connectivity index (χ3n) is 4.47. The molecule has 0 spiro atoms. The van der Waals surface area contributed by atoms with Crippen molar-refractivity contribution in [2.75, 3.05) is 13.7 Å². The Morgan fingerprint density at radius 2 is 1.95 bits per heavy atom. The zero-order valence-electron chi connectivity index (χ0n) is 13.4. The van der Waals surface area contributed by atoms with Crippen LogP contribution in [0, 0.1) is 5.92 Å². The number of benzene rings is 1. The van der Waals surface area contributed by atoms with E-state index in [1.54, 1.807) is 0 Å². The van der Waals surface area contributed by atoms with Gasteiger partial charge in [0.1, 0.15) is 12.4 Å². The van der Waals surface area contributed by atoms with Crippen molar-refractivity contribution in [1.82, 2.24) is 5.32 Å². The van der Waals surface area contributed by atoms with Crippen LogP contribution in [0.2, 0.25) is 0 Å². The Kier molecular flexibility index (Phi) is 5.09. The maximum atomic E-state index is 6.04. The summed E-state index contributed by atoms with van der Waals surface area (Å²) in [5.74, 6) is 1.78. The minimum absolute atomic E-state index is 0.174. The molecular formula is C18H29NO. The predicted molar refractivity (Wildman–Crippen MR) is 85.4 cm³/mol. The number of hydrogen-bond acceptors (Lipinski definition) is 2. The Morgan fingerprint density at radius 1 is 1.25 bits per heavy atom. The van der Waals surface area contributed by atoms with Crippen LogP contribution in [-0.4, -0.2) is 19.7 Å². The summed E-state index contributed by atoms with van der Waals surface area (Å²) in [5, 5.41) is 3.43. The van der Waals surface area contributed by atoms with Crippen molar-refractivity contribution >= 4 is 0 Å². The van der Waals surface area contributed by atoms with E-state index in [4.69, 9.17) is 4.74 Å². The molecule has 1 saturated carbocycles. The topological polar surface area (TPSA) is 21.3 Å². The Balaban J connectivity index is 1.95. The van der Waals surface area contributed by atoms with Crippen LogP contribution in [0.3, 0.4) is 0 Å². The molecule has 1 N–H and O–H groups in total. The first kappa shape index (κ1) is 15.4. The average molecular weight is 275 g/mol. The van der Waals surface area contributed by atoms with E-state index >= 15 is 0 Å². The van der Waals surface area contributed by atoms with E-state index < -0.39 is 0 Å². The number of likely N-dealkylation sites (N-methyl/N-ethyl adjacent to an activating group) is 1. The molecule has 20 heavy (non-hydrogen) atoms. The smallest absolute Gasteiger partial charge is 0.119 e. The van der Waals surface area contributed by atoms with Crippen molar-refractivity contribution in [3.63, 3.8) is 0 Å². The normalized spacial score (nSPS) is 18.2. The van der Waals surface area contributed by atoms with E-state index in [0.29, 0.717) is 6.04 Å². The van der Waals surface area contributed by atoms with Gasteiger partial charge in [-0.05, 0) is 48.9 Å². The minimum atomic E-state index is 0.174. The van der Waals surface area contributed by atoms with Gasteiger partial charge in [0.05, 0.1) is 0 Å². The molecule has 0 bridgehead atoms. The molecule has 2 rings (SSSR count). The quantitative estimate of drug-likeness (QED) is 0.872. The van der Waals surface area contributed by atoms with Crippen molar-refractivity contribution in [2.24, 2.45) is 5.92 Å². The lowest BCUT2D eigenvalue weighted by Gasteiger charge is -2.24. The van der Waals surface area contributed by atoms with Crippen LogP contribution in [-0.2, 0) is 5.41 Å². The third kappa shape index (κ3) is 3.99. The van der Waals surface area contributed by atoms with Crippen LogP contribution < -0.4 is 10.1 Å². The molecular weight excluding hydrogens is 246 g/mol. The first-order valence-electron chi connectivity index (χ1n) is 7.91. The van der Waals surface area contributed by atoms with Gasteiger partial charge in [-0.15, -0.1) is 0 Å². The summed E-state index contributed by atoms with van der Waals surface area (Å²) < 4.78 is 6.04. The lowest BCUT2D eigenvalue weighted by atomic mass is 9.87. The molecule has 1 aliphatic carbocycles.